The maximum Gasteiger partial charge on any atom is 0.326 e. The van der Waals surface area contributed by atoms with Gasteiger partial charge in [-0.1, -0.05) is 0 Å². The first-order valence-corrected chi connectivity index (χ1v) is 6.30. The van der Waals surface area contributed by atoms with Gasteiger partial charge < -0.3 is 20.8 Å². The zero-order chi connectivity index (χ0) is 14.4. The van der Waals surface area contributed by atoms with Crippen LogP contribution in [0.5, 0.6) is 0 Å². The molecule has 0 aliphatic heterocycles. The Morgan fingerprint density at radius 3 is 2.53 bits per heavy atom. The average Bonchev–Trinajstić information content (AvgIpc) is 2.70. The molecule has 1 atom stereocenters. The molecule has 7 nitrogen and oxygen atoms in total. The molecule has 0 unspecified atom stereocenters. The number of rotatable bonds is 6. The second-order valence-corrected chi connectivity index (χ2v) is 4.84. The third-order valence-electron chi connectivity index (χ3n) is 2.36. The summed E-state index contributed by atoms with van der Waals surface area (Å²) in [5.41, 5.74) is 1.03. The highest BCUT2D eigenvalue weighted by Gasteiger charge is 2.22. The Bertz CT molecular complexity index is 485. The van der Waals surface area contributed by atoms with Crippen LogP contribution in [0.25, 0.3) is 0 Å². The summed E-state index contributed by atoms with van der Waals surface area (Å²) in [6.45, 7) is 2.17. The van der Waals surface area contributed by atoms with E-state index in [0.717, 1.165) is 10.4 Å². The molecule has 2 amide bonds. The third kappa shape index (κ3) is 4.96. The molecule has 4 N–H and O–H groups in total. The van der Waals surface area contributed by atoms with Crippen LogP contribution >= 0.6 is 11.3 Å². The molecule has 104 valence electrons. The van der Waals surface area contributed by atoms with Crippen LogP contribution in [0.3, 0.4) is 0 Å². The van der Waals surface area contributed by atoms with Gasteiger partial charge in [0.2, 0.25) is 0 Å². The van der Waals surface area contributed by atoms with Crippen LogP contribution in [0.2, 0.25) is 0 Å². The number of carboxylic acids is 2. The molecular weight excluding hydrogens is 272 g/mol. The number of hydrogen-bond acceptors (Lipinski definition) is 4. The van der Waals surface area contributed by atoms with Crippen molar-refractivity contribution in [2.45, 2.75) is 25.9 Å². The molecule has 1 aromatic heterocycles. The molecular formula is C11H14N2O5S. The van der Waals surface area contributed by atoms with E-state index in [0.29, 0.717) is 0 Å². The fraction of sp³-hybridized carbons (Fsp3) is 0.364. The van der Waals surface area contributed by atoms with Crippen LogP contribution in [0.1, 0.15) is 16.9 Å². The van der Waals surface area contributed by atoms with Gasteiger partial charge in [-0.2, -0.15) is 0 Å². The number of aryl methyl sites for hydroxylation is 1. The van der Waals surface area contributed by atoms with Crippen molar-refractivity contribution in [3.8, 4) is 0 Å². The lowest BCUT2D eigenvalue weighted by molar-refractivity contribution is -0.145. The van der Waals surface area contributed by atoms with Crippen molar-refractivity contribution in [2.24, 2.45) is 0 Å². The van der Waals surface area contributed by atoms with E-state index >= 15 is 0 Å². The fourth-order valence-corrected chi connectivity index (χ4v) is 2.18. The number of urea groups is 1. The zero-order valence-corrected chi connectivity index (χ0v) is 11.0. The number of aliphatic carboxylic acids is 2. The number of thiophene rings is 1. The van der Waals surface area contributed by atoms with E-state index in [-0.39, 0.29) is 6.54 Å². The summed E-state index contributed by atoms with van der Waals surface area (Å²) >= 11 is 1.47. The number of carbonyl (C=O) groups is 3. The summed E-state index contributed by atoms with van der Waals surface area (Å²) < 4.78 is 0. The first kappa shape index (κ1) is 15.0. The average molecular weight is 286 g/mol. The Morgan fingerprint density at radius 2 is 2.05 bits per heavy atom. The van der Waals surface area contributed by atoms with Gasteiger partial charge in [0.25, 0.3) is 0 Å². The van der Waals surface area contributed by atoms with E-state index in [2.05, 4.69) is 10.6 Å². The Balaban J connectivity index is 2.47. The molecule has 1 aromatic rings. The number of nitrogens with one attached hydrogen (secondary N) is 2. The molecule has 0 radical (unpaired) electrons. The topological polar surface area (TPSA) is 116 Å². The maximum absolute atomic E-state index is 11.5. The van der Waals surface area contributed by atoms with Crippen LogP contribution in [0.4, 0.5) is 4.79 Å². The molecule has 0 saturated heterocycles. The second kappa shape index (κ2) is 6.74. The van der Waals surface area contributed by atoms with E-state index < -0.39 is 30.4 Å². The van der Waals surface area contributed by atoms with E-state index in [4.69, 9.17) is 10.2 Å². The fourth-order valence-electron chi connectivity index (χ4n) is 1.33. The quantitative estimate of drug-likeness (QED) is 0.617. The third-order valence-corrected chi connectivity index (χ3v) is 3.38. The molecule has 0 saturated carbocycles. The summed E-state index contributed by atoms with van der Waals surface area (Å²) in [7, 11) is 0. The lowest BCUT2D eigenvalue weighted by Crippen LogP contribution is -2.46. The second-order valence-electron chi connectivity index (χ2n) is 3.84. The Morgan fingerprint density at radius 1 is 1.37 bits per heavy atom. The summed E-state index contributed by atoms with van der Waals surface area (Å²) in [4.78, 5) is 33.6. The lowest BCUT2D eigenvalue weighted by atomic mass is 10.2. The number of carboxylic acid groups (broad SMARTS) is 2. The van der Waals surface area contributed by atoms with Crippen molar-refractivity contribution in [3.63, 3.8) is 0 Å². The van der Waals surface area contributed by atoms with Crippen molar-refractivity contribution in [2.75, 3.05) is 0 Å². The predicted octanol–water partition coefficient (Wildman–Crippen LogP) is 0.784. The number of hydrogen-bond donors (Lipinski definition) is 4. The van der Waals surface area contributed by atoms with Crippen LogP contribution in [0.15, 0.2) is 11.4 Å². The lowest BCUT2D eigenvalue weighted by Gasteiger charge is -2.13. The monoisotopic (exact) mass is 286 g/mol. The van der Waals surface area contributed by atoms with Crippen LogP contribution in [0, 0.1) is 6.92 Å². The van der Waals surface area contributed by atoms with Crippen LogP contribution < -0.4 is 10.6 Å². The standard InChI is InChI=1S/C11H14N2O5S/c1-6-2-3-19-8(6)5-12-11(18)13-7(10(16)17)4-9(14)15/h2-3,7H,4-5H2,1H3,(H,14,15)(H,16,17)(H2,12,13,18)/t7-/m0/s1. The predicted molar refractivity (Wildman–Crippen MR) is 68.1 cm³/mol. The first-order chi connectivity index (χ1) is 8.90. The Kier molecular flexibility index (Phi) is 5.31. The Hall–Kier alpha value is -2.09. The van der Waals surface area contributed by atoms with Gasteiger partial charge in [-0.15, -0.1) is 11.3 Å². The minimum Gasteiger partial charge on any atom is -0.481 e. The Labute approximate surface area is 113 Å². The van der Waals surface area contributed by atoms with Gasteiger partial charge >= 0.3 is 18.0 Å². The van der Waals surface area contributed by atoms with Gasteiger partial charge in [0.15, 0.2) is 0 Å². The molecule has 1 rings (SSSR count). The molecule has 0 aromatic carbocycles. The summed E-state index contributed by atoms with van der Waals surface area (Å²) in [6.07, 6.45) is -0.666. The SMILES string of the molecule is Cc1ccsc1CNC(=O)N[C@@H](CC(=O)O)C(=O)O. The summed E-state index contributed by atoms with van der Waals surface area (Å²) in [5.74, 6) is -2.67. The highest BCUT2D eigenvalue weighted by atomic mass is 32.1. The molecule has 1 heterocycles. The molecule has 0 spiro atoms. The van der Waals surface area contributed by atoms with Crippen LogP contribution in [-0.4, -0.2) is 34.2 Å². The maximum atomic E-state index is 11.5. The van der Waals surface area contributed by atoms with Crippen molar-refractivity contribution >= 4 is 29.3 Å². The van der Waals surface area contributed by atoms with E-state index in [1.807, 2.05) is 18.4 Å². The van der Waals surface area contributed by atoms with Crippen LogP contribution in [-0.2, 0) is 16.1 Å². The van der Waals surface area contributed by atoms with Crippen molar-refractivity contribution in [1.29, 1.82) is 0 Å². The minimum atomic E-state index is -1.44. The van der Waals surface area contributed by atoms with Gasteiger partial charge in [-0.25, -0.2) is 9.59 Å². The van der Waals surface area contributed by atoms with Crippen molar-refractivity contribution in [1.82, 2.24) is 10.6 Å². The van der Waals surface area contributed by atoms with E-state index in [1.165, 1.54) is 11.3 Å². The number of carbonyl (C=O) groups excluding carboxylic acids is 1. The molecule has 8 heteroatoms. The largest absolute Gasteiger partial charge is 0.481 e. The van der Waals surface area contributed by atoms with Gasteiger partial charge in [-0.05, 0) is 23.9 Å². The smallest absolute Gasteiger partial charge is 0.326 e. The summed E-state index contributed by atoms with van der Waals surface area (Å²) in [5, 5.41) is 23.8. The molecule has 19 heavy (non-hydrogen) atoms. The molecule has 0 fully saturated rings. The first-order valence-electron chi connectivity index (χ1n) is 5.42. The minimum absolute atomic E-state index is 0.273. The summed E-state index contributed by atoms with van der Waals surface area (Å²) in [6, 6.07) is -0.243. The van der Waals surface area contributed by atoms with Crippen molar-refractivity contribution in [3.05, 3.63) is 21.9 Å². The zero-order valence-electron chi connectivity index (χ0n) is 10.2. The molecule has 0 aliphatic carbocycles. The van der Waals surface area contributed by atoms with Gasteiger partial charge in [0.05, 0.1) is 13.0 Å². The normalized spacial score (nSPS) is 11.6. The van der Waals surface area contributed by atoms with E-state index in [1.54, 1.807) is 0 Å². The molecule has 0 bridgehead atoms. The molecule has 0 aliphatic rings. The van der Waals surface area contributed by atoms with Gasteiger partial charge in [-0.3, -0.25) is 4.79 Å². The van der Waals surface area contributed by atoms with Crippen molar-refractivity contribution < 1.29 is 24.6 Å². The highest BCUT2D eigenvalue weighted by Crippen LogP contribution is 2.14. The van der Waals surface area contributed by atoms with Gasteiger partial charge in [0.1, 0.15) is 6.04 Å². The highest BCUT2D eigenvalue weighted by molar-refractivity contribution is 7.10. The van der Waals surface area contributed by atoms with Gasteiger partial charge in [0, 0.05) is 4.88 Å². The number of amides is 2. The van der Waals surface area contributed by atoms with E-state index in [9.17, 15) is 14.4 Å².